The van der Waals surface area contributed by atoms with Crippen LogP contribution in [0.25, 0.3) is 11.3 Å². The first-order chi connectivity index (χ1) is 14.5. The molecule has 0 amide bonds. The Labute approximate surface area is 176 Å². The molecule has 0 saturated heterocycles. The number of nitrogen functional groups attached to an aromatic ring is 1. The molecule has 5 nitrogen and oxygen atoms in total. The zero-order valence-corrected chi connectivity index (χ0v) is 17.5. The van der Waals surface area contributed by atoms with E-state index in [9.17, 15) is 9.65 Å². The predicted molar refractivity (Wildman–Crippen MR) is 116 cm³/mol. The first-order valence-electron chi connectivity index (χ1n) is 9.98. The summed E-state index contributed by atoms with van der Waals surface area (Å²) in [6, 6.07) is 10.4. The van der Waals surface area contributed by atoms with Gasteiger partial charge in [-0.3, -0.25) is 9.97 Å². The number of hydrogen-bond donors (Lipinski definition) is 1. The van der Waals surface area contributed by atoms with E-state index in [0.717, 1.165) is 29.7 Å². The van der Waals surface area contributed by atoms with E-state index in [4.69, 9.17) is 10.5 Å². The van der Waals surface area contributed by atoms with Crippen molar-refractivity contribution in [1.29, 1.82) is 5.26 Å². The summed E-state index contributed by atoms with van der Waals surface area (Å²) in [6.07, 6.45) is 4.15. The second-order valence-electron chi connectivity index (χ2n) is 7.19. The molecule has 0 spiro atoms. The Kier molecular flexibility index (Phi) is 6.63. The van der Waals surface area contributed by atoms with Gasteiger partial charge in [-0.1, -0.05) is 19.4 Å². The van der Waals surface area contributed by atoms with Gasteiger partial charge in [-0.2, -0.15) is 5.26 Å². The fourth-order valence-corrected chi connectivity index (χ4v) is 3.41. The standard InChI is InChI=1S/C24H25FN4O/c1-4-6-20-23(27)17(9-11-28-20)10-12-30-21-8-5-7-19(25)22(21)24-15(2)13-18(14-26)16(3)29-24/h5,7-9,11,13H,4,6,10,12,27H2,1-3H3. The number of nitrogens with zero attached hydrogens (tertiary/aromatic N) is 3. The molecule has 0 radical (unpaired) electrons. The molecular weight excluding hydrogens is 379 g/mol. The molecule has 2 aromatic heterocycles. The van der Waals surface area contributed by atoms with Crippen LogP contribution in [-0.2, 0) is 12.8 Å². The number of rotatable bonds is 7. The fourth-order valence-electron chi connectivity index (χ4n) is 3.41. The highest BCUT2D eigenvalue weighted by molar-refractivity contribution is 5.71. The summed E-state index contributed by atoms with van der Waals surface area (Å²) in [5, 5.41) is 9.21. The van der Waals surface area contributed by atoms with Gasteiger partial charge in [0, 0.05) is 12.6 Å². The van der Waals surface area contributed by atoms with E-state index in [1.165, 1.54) is 6.07 Å². The van der Waals surface area contributed by atoms with E-state index in [1.807, 2.05) is 13.0 Å². The molecule has 2 heterocycles. The van der Waals surface area contributed by atoms with E-state index in [-0.39, 0.29) is 0 Å². The number of nitrogens with two attached hydrogens (primary N) is 1. The average molecular weight is 404 g/mol. The topological polar surface area (TPSA) is 84.8 Å². The maximum Gasteiger partial charge on any atom is 0.136 e. The first-order valence-corrected chi connectivity index (χ1v) is 9.98. The SMILES string of the molecule is CCCc1nccc(CCOc2cccc(F)c2-c2nc(C)c(C#N)cc2C)c1N. The third kappa shape index (κ3) is 4.41. The van der Waals surface area contributed by atoms with Crippen LogP contribution in [0.4, 0.5) is 10.1 Å². The van der Waals surface area contributed by atoms with E-state index in [0.29, 0.717) is 47.0 Å². The number of benzene rings is 1. The number of halogens is 1. The lowest BCUT2D eigenvalue weighted by molar-refractivity contribution is 0.322. The summed E-state index contributed by atoms with van der Waals surface area (Å²) in [7, 11) is 0. The molecule has 3 aromatic rings. The summed E-state index contributed by atoms with van der Waals surface area (Å²) < 4.78 is 20.7. The van der Waals surface area contributed by atoms with Crippen molar-refractivity contribution in [2.75, 3.05) is 12.3 Å². The van der Waals surface area contributed by atoms with Crippen LogP contribution in [0.5, 0.6) is 5.75 Å². The van der Waals surface area contributed by atoms with Crippen LogP contribution in [0.15, 0.2) is 36.5 Å². The van der Waals surface area contributed by atoms with Crippen molar-refractivity contribution in [2.45, 2.75) is 40.0 Å². The van der Waals surface area contributed by atoms with Crippen LogP contribution >= 0.6 is 0 Å². The Morgan fingerprint density at radius 3 is 2.73 bits per heavy atom. The van der Waals surface area contributed by atoms with Crippen molar-refractivity contribution in [3.8, 4) is 23.1 Å². The average Bonchev–Trinajstić information content (AvgIpc) is 2.72. The Morgan fingerprint density at radius 2 is 2.00 bits per heavy atom. The van der Waals surface area contributed by atoms with E-state index >= 15 is 0 Å². The van der Waals surface area contributed by atoms with Gasteiger partial charge in [0.15, 0.2) is 0 Å². The largest absolute Gasteiger partial charge is 0.492 e. The predicted octanol–water partition coefficient (Wildman–Crippen LogP) is 4.93. The Balaban J connectivity index is 1.86. The quantitative estimate of drug-likeness (QED) is 0.604. The molecule has 0 atom stereocenters. The van der Waals surface area contributed by atoms with Crippen molar-refractivity contribution < 1.29 is 9.13 Å². The van der Waals surface area contributed by atoms with Gasteiger partial charge in [-0.15, -0.1) is 0 Å². The Hall–Kier alpha value is -3.46. The van der Waals surface area contributed by atoms with Crippen LogP contribution in [0, 0.1) is 31.0 Å². The summed E-state index contributed by atoms with van der Waals surface area (Å²) in [6.45, 7) is 5.97. The normalized spacial score (nSPS) is 10.6. The van der Waals surface area contributed by atoms with E-state index in [2.05, 4.69) is 23.0 Å². The summed E-state index contributed by atoms with van der Waals surface area (Å²) in [4.78, 5) is 8.82. The van der Waals surface area contributed by atoms with Crippen LogP contribution in [0.1, 0.15) is 41.4 Å². The summed E-state index contributed by atoms with van der Waals surface area (Å²) in [5.74, 6) is -0.00279. The number of aromatic nitrogens is 2. The van der Waals surface area contributed by atoms with E-state index in [1.54, 1.807) is 31.3 Å². The number of aryl methyl sites for hydroxylation is 3. The first kappa shape index (κ1) is 21.3. The number of hydrogen-bond acceptors (Lipinski definition) is 5. The van der Waals surface area contributed by atoms with Gasteiger partial charge >= 0.3 is 0 Å². The van der Waals surface area contributed by atoms with Gasteiger partial charge in [0.05, 0.1) is 40.5 Å². The smallest absolute Gasteiger partial charge is 0.136 e. The van der Waals surface area contributed by atoms with Gasteiger partial charge in [0.2, 0.25) is 0 Å². The molecule has 0 unspecified atom stereocenters. The monoisotopic (exact) mass is 404 g/mol. The Morgan fingerprint density at radius 1 is 1.20 bits per heavy atom. The molecule has 0 bridgehead atoms. The molecule has 6 heteroatoms. The second-order valence-corrected chi connectivity index (χ2v) is 7.19. The van der Waals surface area contributed by atoms with Gasteiger partial charge in [-0.25, -0.2) is 4.39 Å². The number of anilines is 1. The zero-order valence-electron chi connectivity index (χ0n) is 17.5. The highest BCUT2D eigenvalue weighted by Gasteiger charge is 2.18. The highest BCUT2D eigenvalue weighted by Crippen LogP contribution is 2.34. The molecule has 2 N–H and O–H groups in total. The number of pyridine rings is 2. The molecule has 0 aliphatic heterocycles. The van der Waals surface area contributed by atoms with Crippen LogP contribution < -0.4 is 10.5 Å². The van der Waals surface area contributed by atoms with Crippen LogP contribution in [0.3, 0.4) is 0 Å². The molecule has 0 fully saturated rings. The molecule has 1 aromatic carbocycles. The number of ether oxygens (including phenoxy) is 1. The minimum Gasteiger partial charge on any atom is -0.492 e. The highest BCUT2D eigenvalue weighted by atomic mass is 19.1. The van der Waals surface area contributed by atoms with Crippen molar-refractivity contribution in [3.63, 3.8) is 0 Å². The maximum atomic E-state index is 14.8. The van der Waals surface area contributed by atoms with Gasteiger partial charge < -0.3 is 10.5 Å². The third-order valence-electron chi connectivity index (χ3n) is 5.02. The van der Waals surface area contributed by atoms with Gasteiger partial charge in [-0.05, 0) is 55.7 Å². The maximum absolute atomic E-state index is 14.8. The summed E-state index contributed by atoms with van der Waals surface area (Å²) >= 11 is 0. The lowest BCUT2D eigenvalue weighted by Gasteiger charge is -2.15. The summed E-state index contributed by atoms with van der Waals surface area (Å²) in [5.41, 5.74) is 11.3. The Bertz CT molecular complexity index is 1110. The molecule has 154 valence electrons. The second kappa shape index (κ2) is 9.36. The lowest BCUT2D eigenvalue weighted by Crippen LogP contribution is -2.08. The molecule has 3 rings (SSSR count). The van der Waals surface area contributed by atoms with Crippen LogP contribution in [0.2, 0.25) is 0 Å². The number of nitriles is 1. The van der Waals surface area contributed by atoms with Gasteiger partial charge in [0.1, 0.15) is 17.6 Å². The molecular formula is C24H25FN4O. The van der Waals surface area contributed by atoms with Crippen molar-refractivity contribution in [2.24, 2.45) is 0 Å². The zero-order chi connectivity index (χ0) is 21.7. The van der Waals surface area contributed by atoms with E-state index < -0.39 is 5.82 Å². The molecule has 0 aliphatic rings. The minimum absolute atomic E-state index is 0.303. The van der Waals surface area contributed by atoms with Gasteiger partial charge in [0.25, 0.3) is 0 Å². The van der Waals surface area contributed by atoms with Crippen molar-refractivity contribution in [1.82, 2.24) is 9.97 Å². The minimum atomic E-state index is -0.416. The lowest BCUT2D eigenvalue weighted by atomic mass is 10.0. The third-order valence-corrected chi connectivity index (χ3v) is 5.02. The molecule has 0 saturated carbocycles. The molecule has 30 heavy (non-hydrogen) atoms. The molecule has 0 aliphatic carbocycles. The van der Waals surface area contributed by atoms with Crippen LogP contribution in [-0.4, -0.2) is 16.6 Å². The fraction of sp³-hybridized carbons (Fsp3) is 0.292. The van der Waals surface area contributed by atoms with Crippen molar-refractivity contribution in [3.05, 3.63) is 70.4 Å². The van der Waals surface area contributed by atoms with Crippen molar-refractivity contribution >= 4 is 5.69 Å².